The number of hydrogen-bond acceptors (Lipinski definition) is 2. The summed E-state index contributed by atoms with van der Waals surface area (Å²) in [6, 6.07) is 3.84. The van der Waals surface area contributed by atoms with Crippen LogP contribution in [0.2, 0.25) is 0 Å². The van der Waals surface area contributed by atoms with E-state index in [0.29, 0.717) is 0 Å². The number of nitrogens with one attached hydrogen (secondary N) is 3. The summed E-state index contributed by atoms with van der Waals surface area (Å²) in [6.45, 7) is 3.10. The molecule has 0 aliphatic heterocycles. The van der Waals surface area contributed by atoms with Crippen molar-refractivity contribution in [1.82, 2.24) is 9.97 Å². The van der Waals surface area contributed by atoms with Gasteiger partial charge in [-0.3, -0.25) is 0 Å². The van der Waals surface area contributed by atoms with Gasteiger partial charge in [0.1, 0.15) is 0 Å². The third kappa shape index (κ3) is 2.29. The van der Waals surface area contributed by atoms with Gasteiger partial charge in [0, 0.05) is 11.0 Å². The lowest BCUT2D eigenvalue weighted by Gasteiger charge is -2.07. The van der Waals surface area contributed by atoms with Gasteiger partial charge in [0.15, 0.2) is 0 Å². The maximum Gasteiger partial charge on any atom is 0.323 e. The Morgan fingerprint density at radius 3 is 2.69 bits per heavy atom. The van der Waals surface area contributed by atoms with E-state index in [9.17, 15) is 4.79 Å². The molecule has 86 valence electrons. The number of H-pyrrole nitrogens is 2. The van der Waals surface area contributed by atoms with Gasteiger partial charge in [-0.05, 0) is 34.5 Å². The first-order valence-electron chi connectivity index (χ1n) is 5.36. The van der Waals surface area contributed by atoms with E-state index in [0.717, 1.165) is 40.6 Å². The van der Waals surface area contributed by atoms with Crippen molar-refractivity contribution in [3.05, 3.63) is 27.1 Å². The summed E-state index contributed by atoms with van der Waals surface area (Å²) in [5, 5.41) is 3.33. The normalized spacial score (nSPS) is 10.9. The number of imidazole rings is 1. The fourth-order valence-electron chi connectivity index (χ4n) is 1.59. The summed E-state index contributed by atoms with van der Waals surface area (Å²) in [4.78, 5) is 16.6. The molecule has 1 heterocycles. The molecule has 0 aliphatic rings. The number of aromatic amines is 2. The molecule has 1 aromatic heterocycles. The quantitative estimate of drug-likeness (QED) is 0.756. The zero-order chi connectivity index (χ0) is 11.5. The Morgan fingerprint density at radius 2 is 2.00 bits per heavy atom. The molecular formula is C11H14BrN3O. The molecule has 0 amide bonds. The fourth-order valence-corrected chi connectivity index (χ4v) is 2.07. The molecule has 0 radical (unpaired) electrons. The van der Waals surface area contributed by atoms with E-state index in [1.165, 1.54) is 0 Å². The SMILES string of the molecule is CCCCNc1cc2[nH]c(=O)[nH]c2cc1Br. The van der Waals surface area contributed by atoms with Gasteiger partial charge in [-0.2, -0.15) is 0 Å². The number of anilines is 1. The van der Waals surface area contributed by atoms with Crippen LogP contribution >= 0.6 is 15.9 Å². The number of hydrogen-bond donors (Lipinski definition) is 3. The molecule has 0 bridgehead atoms. The average molecular weight is 284 g/mol. The Bertz CT molecular complexity index is 544. The van der Waals surface area contributed by atoms with Crippen LogP contribution in [0, 0.1) is 0 Å². The van der Waals surface area contributed by atoms with Crippen LogP contribution in [-0.4, -0.2) is 16.5 Å². The molecule has 0 atom stereocenters. The zero-order valence-electron chi connectivity index (χ0n) is 9.06. The van der Waals surface area contributed by atoms with E-state index < -0.39 is 0 Å². The van der Waals surface area contributed by atoms with Crippen molar-refractivity contribution in [2.45, 2.75) is 19.8 Å². The highest BCUT2D eigenvalue weighted by Gasteiger charge is 2.04. The second kappa shape index (κ2) is 4.74. The van der Waals surface area contributed by atoms with Crippen LogP contribution in [0.25, 0.3) is 11.0 Å². The van der Waals surface area contributed by atoms with E-state index in [1.54, 1.807) is 0 Å². The second-order valence-corrected chi connectivity index (χ2v) is 4.59. The monoisotopic (exact) mass is 283 g/mol. The minimum atomic E-state index is -0.174. The standard InChI is InChI=1S/C11H14BrN3O/c1-2-3-4-13-8-6-10-9(5-7(8)12)14-11(16)15-10/h5-6,13H,2-4H2,1H3,(H2,14,15,16). The molecule has 0 saturated heterocycles. The molecule has 0 unspecified atom stereocenters. The first-order valence-corrected chi connectivity index (χ1v) is 6.15. The Hall–Kier alpha value is -1.23. The van der Waals surface area contributed by atoms with Gasteiger partial charge < -0.3 is 15.3 Å². The molecule has 2 aromatic rings. The molecular weight excluding hydrogens is 270 g/mol. The number of fused-ring (bicyclic) bond motifs is 1. The van der Waals surface area contributed by atoms with Gasteiger partial charge >= 0.3 is 5.69 Å². The van der Waals surface area contributed by atoms with Gasteiger partial charge in [0.05, 0.1) is 16.7 Å². The molecule has 1 aromatic carbocycles. The number of benzene rings is 1. The van der Waals surface area contributed by atoms with Crippen molar-refractivity contribution in [3.8, 4) is 0 Å². The van der Waals surface area contributed by atoms with Gasteiger partial charge in [-0.25, -0.2) is 4.79 Å². The van der Waals surface area contributed by atoms with Crippen molar-refractivity contribution in [3.63, 3.8) is 0 Å². The summed E-state index contributed by atoms with van der Waals surface area (Å²) in [6.07, 6.45) is 2.29. The smallest absolute Gasteiger partial charge is 0.323 e. The van der Waals surface area contributed by atoms with Crippen LogP contribution in [-0.2, 0) is 0 Å². The summed E-state index contributed by atoms with van der Waals surface area (Å²) >= 11 is 3.48. The van der Waals surface area contributed by atoms with Crippen LogP contribution in [0.4, 0.5) is 5.69 Å². The molecule has 4 nitrogen and oxygen atoms in total. The molecule has 0 saturated carbocycles. The molecule has 5 heteroatoms. The van der Waals surface area contributed by atoms with E-state index in [1.807, 2.05) is 12.1 Å². The van der Waals surface area contributed by atoms with E-state index in [2.05, 4.69) is 38.1 Å². The molecule has 3 N–H and O–H groups in total. The van der Waals surface area contributed by atoms with Crippen LogP contribution in [0.5, 0.6) is 0 Å². The first kappa shape index (κ1) is 11.3. The maximum atomic E-state index is 11.1. The van der Waals surface area contributed by atoms with Crippen LogP contribution < -0.4 is 11.0 Å². The Kier molecular flexibility index (Phi) is 3.33. The van der Waals surface area contributed by atoms with Crippen molar-refractivity contribution in [1.29, 1.82) is 0 Å². The van der Waals surface area contributed by atoms with Crippen LogP contribution in [0.15, 0.2) is 21.4 Å². The maximum absolute atomic E-state index is 11.1. The largest absolute Gasteiger partial charge is 0.384 e. The number of aromatic nitrogens is 2. The summed E-state index contributed by atoms with van der Waals surface area (Å²) in [5.41, 5.74) is 2.48. The second-order valence-electron chi connectivity index (χ2n) is 3.74. The predicted molar refractivity (Wildman–Crippen MR) is 70.0 cm³/mol. The Morgan fingerprint density at radius 1 is 1.31 bits per heavy atom. The first-order chi connectivity index (χ1) is 7.70. The third-order valence-corrected chi connectivity index (χ3v) is 3.11. The lowest BCUT2D eigenvalue weighted by atomic mass is 10.2. The van der Waals surface area contributed by atoms with E-state index in [4.69, 9.17) is 0 Å². The summed E-state index contributed by atoms with van der Waals surface area (Å²) < 4.78 is 0.964. The van der Waals surface area contributed by atoms with Gasteiger partial charge in [-0.15, -0.1) is 0 Å². The fraction of sp³-hybridized carbons (Fsp3) is 0.364. The highest BCUT2D eigenvalue weighted by Crippen LogP contribution is 2.26. The molecule has 0 spiro atoms. The molecule has 2 rings (SSSR count). The lowest BCUT2D eigenvalue weighted by molar-refractivity contribution is 0.834. The van der Waals surface area contributed by atoms with E-state index >= 15 is 0 Å². The topological polar surface area (TPSA) is 60.7 Å². The summed E-state index contributed by atoms with van der Waals surface area (Å²) in [7, 11) is 0. The molecule has 0 fully saturated rings. The average Bonchev–Trinajstić information content (AvgIpc) is 2.58. The third-order valence-electron chi connectivity index (χ3n) is 2.45. The highest BCUT2D eigenvalue weighted by molar-refractivity contribution is 9.10. The number of unbranched alkanes of at least 4 members (excludes halogenated alkanes) is 1. The van der Waals surface area contributed by atoms with Gasteiger partial charge in [0.2, 0.25) is 0 Å². The lowest BCUT2D eigenvalue weighted by Crippen LogP contribution is -2.01. The van der Waals surface area contributed by atoms with Crippen molar-refractivity contribution < 1.29 is 0 Å². The zero-order valence-corrected chi connectivity index (χ0v) is 10.6. The Labute approximate surface area is 102 Å². The predicted octanol–water partition coefficient (Wildman–Crippen LogP) is 2.83. The highest BCUT2D eigenvalue weighted by atomic mass is 79.9. The minimum Gasteiger partial charge on any atom is -0.384 e. The van der Waals surface area contributed by atoms with Gasteiger partial charge in [-0.1, -0.05) is 13.3 Å². The van der Waals surface area contributed by atoms with Gasteiger partial charge in [0.25, 0.3) is 0 Å². The van der Waals surface area contributed by atoms with Crippen molar-refractivity contribution >= 4 is 32.7 Å². The Balaban J connectivity index is 2.30. The molecule has 0 aliphatic carbocycles. The summed E-state index contributed by atoms with van der Waals surface area (Å²) in [5.74, 6) is 0. The van der Waals surface area contributed by atoms with Crippen LogP contribution in [0.3, 0.4) is 0 Å². The van der Waals surface area contributed by atoms with E-state index in [-0.39, 0.29) is 5.69 Å². The van der Waals surface area contributed by atoms with Crippen molar-refractivity contribution in [2.24, 2.45) is 0 Å². The number of rotatable bonds is 4. The molecule has 16 heavy (non-hydrogen) atoms. The van der Waals surface area contributed by atoms with Crippen molar-refractivity contribution in [2.75, 3.05) is 11.9 Å². The van der Waals surface area contributed by atoms with Crippen LogP contribution in [0.1, 0.15) is 19.8 Å². The number of halogens is 1. The minimum absolute atomic E-state index is 0.174.